The molecule has 0 aromatic heterocycles. The predicted octanol–water partition coefficient (Wildman–Crippen LogP) is 3.25. The summed E-state index contributed by atoms with van der Waals surface area (Å²) in [5, 5.41) is 2.80. The molecule has 2 amide bonds. The minimum absolute atomic E-state index is 0.0112. The first-order valence-corrected chi connectivity index (χ1v) is 12.3. The molecular weight excluding hydrogens is 426 g/mol. The van der Waals surface area contributed by atoms with Gasteiger partial charge in [-0.25, -0.2) is 8.42 Å². The van der Waals surface area contributed by atoms with Crippen molar-refractivity contribution in [3.8, 4) is 0 Å². The lowest BCUT2D eigenvalue weighted by atomic mass is 10.1. The van der Waals surface area contributed by atoms with E-state index in [1.807, 2.05) is 43.9 Å². The standard InChI is InChI=1S/C24H29N3O4S/c1-15-5-6-16(2)21(11-15)25-23(28)14-26(4)32(30,31)20-9-10-22-19(13-20)12-17(3)27(22)24(29)18-7-8-18/h5-6,9-11,13,17-18H,7-8,12,14H2,1-4H3,(H,25,28)/t17-/m1/s1. The normalized spacial score (nSPS) is 18.0. The van der Waals surface area contributed by atoms with Crippen molar-refractivity contribution in [2.45, 2.75) is 51.0 Å². The van der Waals surface area contributed by atoms with Crippen LogP contribution in [0.15, 0.2) is 41.3 Å². The zero-order chi connectivity index (χ0) is 23.2. The number of aryl methyl sites for hydroxylation is 2. The molecule has 1 N–H and O–H groups in total. The van der Waals surface area contributed by atoms with Gasteiger partial charge in [0, 0.05) is 30.4 Å². The molecule has 0 saturated heterocycles. The Kier molecular flexibility index (Phi) is 5.85. The molecule has 1 saturated carbocycles. The largest absolute Gasteiger partial charge is 0.325 e. The molecule has 32 heavy (non-hydrogen) atoms. The van der Waals surface area contributed by atoms with Crippen molar-refractivity contribution in [3.05, 3.63) is 53.1 Å². The van der Waals surface area contributed by atoms with Crippen LogP contribution in [0.1, 0.15) is 36.5 Å². The van der Waals surface area contributed by atoms with E-state index in [1.165, 1.54) is 13.1 Å². The number of anilines is 2. The number of amides is 2. The second-order valence-corrected chi connectivity index (χ2v) is 11.0. The van der Waals surface area contributed by atoms with E-state index in [2.05, 4.69) is 5.32 Å². The van der Waals surface area contributed by atoms with Gasteiger partial charge in [0.25, 0.3) is 0 Å². The molecular formula is C24H29N3O4S. The Bertz CT molecular complexity index is 1190. The van der Waals surface area contributed by atoms with Gasteiger partial charge >= 0.3 is 0 Å². The van der Waals surface area contributed by atoms with Gasteiger partial charge < -0.3 is 10.2 Å². The Balaban J connectivity index is 1.49. The number of carbonyl (C=O) groups excluding carboxylic acids is 2. The first kappa shape index (κ1) is 22.5. The van der Waals surface area contributed by atoms with Gasteiger partial charge in [-0.05, 0) is 81.0 Å². The average molecular weight is 456 g/mol. The Morgan fingerprint density at radius 1 is 1.12 bits per heavy atom. The molecule has 1 heterocycles. The fourth-order valence-electron chi connectivity index (χ4n) is 4.16. The molecule has 8 heteroatoms. The number of sulfonamides is 1. The van der Waals surface area contributed by atoms with Crippen molar-refractivity contribution in [3.63, 3.8) is 0 Å². The third-order valence-electron chi connectivity index (χ3n) is 6.17. The minimum atomic E-state index is -3.86. The maximum absolute atomic E-state index is 13.1. The van der Waals surface area contributed by atoms with E-state index in [-0.39, 0.29) is 29.3 Å². The van der Waals surface area contributed by atoms with Crippen LogP contribution in [0.25, 0.3) is 0 Å². The zero-order valence-electron chi connectivity index (χ0n) is 18.9. The first-order chi connectivity index (χ1) is 15.1. The lowest BCUT2D eigenvalue weighted by Crippen LogP contribution is -2.36. The Morgan fingerprint density at radius 2 is 1.84 bits per heavy atom. The van der Waals surface area contributed by atoms with Crippen LogP contribution in [-0.4, -0.2) is 44.2 Å². The van der Waals surface area contributed by atoms with Crippen molar-refractivity contribution in [1.29, 1.82) is 0 Å². The molecule has 0 bridgehead atoms. The summed E-state index contributed by atoms with van der Waals surface area (Å²) >= 11 is 0. The Labute approximate surface area is 189 Å². The second-order valence-electron chi connectivity index (χ2n) is 8.95. The summed E-state index contributed by atoms with van der Waals surface area (Å²) in [6, 6.07) is 10.6. The number of likely N-dealkylation sites (N-methyl/N-ethyl adjacent to an activating group) is 1. The number of rotatable bonds is 6. The highest BCUT2D eigenvalue weighted by molar-refractivity contribution is 7.89. The van der Waals surface area contributed by atoms with E-state index in [0.717, 1.165) is 39.5 Å². The lowest BCUT2D eigenvalue weighted by molar-refractivity contribution is -0.120. The molecule has 4 rings (SSSR count). The summed E-state index contributed by atoms with van der Waals surface area (Å²) in [7, 11) is -2.46. The molecule has 0 unspecified atom stereocenters. The van der Waals surface area contributed by atoms with Crippen molar-refractivity contribution < 1.29 is 18.0 Å². The van der Waals surface area contributed by atoms with Gasteiger partial charge in [0.1, 0.15) is 0 Å². The van der Waals surface area contributed by atoms with Gasteiger partial charge in [-0.15, -0.1) is 0 Å². The summed E-state index contributed by atoms with van der Waals surface area (Å²) in [6.07, 6.45) is 2.48. The summed E-state index contributed by atoms with van der Waals surface area (Å²) < 4.78 is 27.3. The quantitative estimate of drug-likeness (QED) is 0.724. The van der Waals surface area contributed by atoms with Gasteiger partial charge in [0.2, 0.25) is 21.8 Å². The van der Waals surface area contributed by atoms with E-state index in [0.29, 0.717) is 12.1 Å². The fraction of sp³-hybridized carbons (Fsp3) is 0.417. The van der Waals surface area contributed by atoms with Gasteiger partial charge in [0.15, 0.2) is 0 Å². The predicted molar refractivity (Wildman–Crippen MR) is 124 cm³/mol. The van der Waals surface area contributed by atoms with Crippen molar-refractivity contribution in [2.75, 3.05) is 23.8 Å². The van der Waals surface area contributed by atoms with Gasteiger partial charge in [-0.2, -0.15) is 4.31 Å². The van der Waals surface area contributed by atoms with Crippen LogP contribution in [0.2, 0.25) is 0 Å². The number of carbonyl (C=O) groups is 2. The molecule has 2 aromatic carbocycles. The highest BCUT2D eigenvalue weighted by Crippen LogP contribution is 2.39. The van der Waals surface area contributed by atoms with Gasteiger partial charge in [0.05, 0.1) is 11.4 Å². The molecule has 0 spiro atoms. The summed E-state index contributed by atoms with van der Waals surface area (Å²) in [5.74, 6) is -0.165. The van der Waals surface area contributed by atoms with Crippen molar-refractivity contribution in [2.24, 2.45) is 5.92 Å². The number of nitrogens with zero attached hydrogens (tertiary/aromatic N) is 2. The Hall–Kier alpha value is -2.71. The maximum atomic E-state index is 13.1. The van der Waals surface area contributed by atoms with Crippen LogP contribution in [0, 0.1) is 19.8 Å². The number of nitrogens with one attached hydrogen (secondary N) is 1. The van der Waals surface area contributed by atoms with E-state index in [4.69, 9.17) is 0 Å². The van der Waals surface area contributed by atoms with E-state index < -0.39 is 15.9 Å². The molecule has 1 aliphatic carbocycles. The van der Waals surface area contributed by atoms with Crippen molar-refractivity contribution in [1.82, 2.24) is 4.31 Å². The van der Waals surface area contributed by atoms with Gasteiger partial charge in [-0.3, -0.25) is 9.59 Å². The third-order valence-corrected chi connectivity index (χ3v) is 7.97. The Morgan fingerprint density at radius 3 is 2.53 bits per heavy atom. The zero-order valence-corrected chi connectivity index (χ0v) is 19.7. The average Bonchev–Trinajstić information content (AvgIpc) is 3.52. The third kappa shape index (κ3) is 4.29. The van der Waals surface area contributed by atoms with Crippen LogP contribution in [0.3, 0.4) is 0 Å². The summed E-state index contributed by atoms with van der Waals surface area (Å²) in [5.41, 5.74) is 4.23. The molecule has 170 valence electrons. The van der Waals surface area contributed by atoms with E-state index >= 15 is 0 Å². The molecule has 1 fully saturated rings. The van der Waals surface area contributed by atoms with Crippen molar-refractivity contribution >= 4 is 33.2 Å². The number of fused-ring (bicyclic) bond motifs is 1. The van der Waals surface area contributed by atoms with E-state index in [9.17, 15) is 18.0 Å². The number of benzene rings is 2. The summed E-state index contributed by atoms with van der Waals surface area (Å²) in [6.45, 7) is 5.51. The maximum Gasteiger partial charge on any atom is 0.243 e. The first-order valence-electron chi connectivity index (χ1n) is 10.9. The number of hydrogen-bond acceptors (Lipinski definition) is 4. The van der Waals surface area contributed by atoms with Gasteiger partial charge in [-0.1, -0.05) is 12.1 Å². The van der Waals surface area contributed by atoms with E-state index in [1.54, 1.807) is 12.1 Å². The molecule has 1 aliphatic heterocycles. The topological polar surface area (TPSA) is 86.8 Å². The van der Waals surface area contributed by atoms with Crippen LogP contribution in [0.4, 0.5) is 11.4 Å². The van der Waals surface area contributed by atoms with Crippen LogP contribution < -0.4 is 10.2 Å². The highest BCUT2D eigenvalue weighted by Gasteiger charge is 2.40. The van der Waals surface area contributed by atoms with Crippen LogP contribution in [-0.2, 0) is 26.0 Å². The second kappa shape index (κ2) is 8.33. The number of hydrogen-bond donors (Lipinski definition) is 1. The summed E-state index contributed by atoms with van der Waals surface area (Å²) in [4.78, 5) is 27.1. The smallest absolute Gasteiger partial charge is 0.243 e. The monoisotopic (exact) mass is 455 g/mol. The van der Waals surface area contributed by atoms with Crippen LogP contribution >= 0.6 is 0 Å². The fourth-order valence-corrected chi connectivity index (χ4v) is 5.34. The molecule has 2 aliphatic rings. The minimum Gasteiger partial charge on any atom is -0.325 e. The highest BCUT2D eigenvalue weighted by atomic mass is 32.2. The van der Waals surface area contributed by atoms with Crippen LogP contribution in [0.5, 0.6) is 0 Å². The molecule has 0 radical (unpaired) electrons. The molecule has 2 aromatic rings. The molecule has 1 atom stereocenters. The lowest BCUT2D eigenvalue weighted by Gasteiger charge is -2.23. The molecule has 7 nitrogen and oxygen atoms in total. The SMILES string of the molecule is Cc1ccc(C)c(NC(=O)CN(C)S(=O)(=O)c2ccc3c(c2)C[C@@H](C)N3C(=O)C2CC2)c1.